The number of carbonyl (C=O) groups excluding carboxylic acids is 1. The Hall–Kier alpha value is -2.35. The summed E-state index contributed by atoms with van der Waals surface area (Å²) < 4.78 is 0. The first kappa shape index (κ1) is 16.0. The summed E-state index contributed by atoms with van der Waals surface area (Å²) >= 11 is 1.18. The van der Waals surface area contributed by atoms with Gasteiger partial charge in [0.2, 0.25) is 17.8 Å². The van der Waals surface area contributed by atoms with E-state index >= 15 is 0 Å². The van der Waals surface area contributed by atoms with Crippen molar-refractivity contribution in [2.45, 2.75) is 31.2 Å². The Morgan fingerprint density at radius 3 is 2.45 bits per heavy atom. The largest absolute Gasteiger partial charge is 0.368 e. The fraction of sp³-hybridized carbons (Fsp3) is 0.286. The molecule has 116 valence electrons. The molecule has 0 bridgehead atoms. The summed E-state index contributed by atoms with van der Waals surface area (Å²) in [4.78, 5) is 23.9. The van der Waals surface area contributed by atoms with Crippen LogP contribution in [0.25, 0.3) is 0 Å². The zero-order valence-electron chi connectivity index (χ0n) is 12.6. The van der Waals surface area contributed by atoms with Crippen molar-refractivity contribution in [2.75, 3.05) is 16.8 Å². The lowest BCUT2D eigenvalue weighted by atomic mass is 10.1. The number of benzene rings is 1. The second-order valence-corrected chi connectivity index (χ2v) is 6.21. The second-order valence-electron chi connectivity index (χ2n) is 4.90. The van der Waals surface area contributed by atoms with Gasteiger partial charge in [0.15, 0.2) is 5.16 Å². The van der Waals surface area contributed by atoms with E-state index in [1.165, 1.54) is 11.8 Å². The Bertz CT molecular complexity index is 685. The van der Waals surface area contributed by atoms with Gasteiger partial charge in [-0.1, -0.05) is 23.9 Å². The van der Waals surface area contributed by atoms with Gasteiger partial charge in [0, 0.05) is 5.69 Å². The molecule has 0 aliphatic heterocycles. The smallest absolute Gasteiger partial charge is 0.237 e. The van der Waals surface area contributed by atoms with E-state index < -0.39 is 5.25 Å². The van der Waals surface area contributed by atoms with E-state index in [-0.39, 0.29) is 17.8 Å². The summed E-state index contributed by atoms with van der Waals surface area (Å²) in [5.74, 6) is -0.0643. The van der Waals surface area contributed by atoms with Crippen molar-refractivity contribution < 1.29 is 4.79 Å². The van der Waals surface area contributed by atoms with Crippen LogP contribution < -0.4 is 16.8 Å². The second kappa shape index (κ2) is 6.61. The first-order valence-corrected chi connectivity index (χ1v) is 7.55. The highest BCUT2D eigenvalue weighted by molar-refractivity contribution is 8.00. The Morgan fingerprint density at radius 1 is 1.18 bits per heavy atom. The van der Waals surface area contributed by atoms with Gasteiger partial charge in [-0.3, -0.25) is 4.79 Å². The van der Waals surface area contributed by atoms with Gasteiger partial charge in [-0.15, -0.1) is 0 Å². The van der Waals surface area contributed by atoms with Gasteiger partial charge in [0.25, 0.3) is 0 Å². The number of aryl methyl sites for hydroxylation is 2. The molecule has 1 heterocycles. The van der Waals surface area contributed by atoms with E-state index in [1.54, 1.807) is 6.92 Å². The predicted octanol–water partition coefficient (Wildman–Crippen LogP) is 1.77. The third-order valence-electron chi connectivity index (χ3n) is 2.95. The summed E-state index contributed by atoms with van der Waals surface area (Å²) in [7, 11) is 0. The minimum atomic E-state index is -0.402. The maximum absolute atomic E-state index is 12.3. The lowest BCUT2D eigenvalue weighted by molar-refractivity contribution is -0.115. The molecule has 5 N–H and O–H groups in total. The average Bonchev–Trinajstić information content (AvgIpc) is 2.41. The fourth-order valence-electron chi connectivity index (χ4n) is 1.76. The van der Waals surface area contributed by atoms with Crippen LogP contribution in [0.1, 0.15) is 18.1 Å². The molecule has 1 amide bonds. The van der Waals surface area contributed by atoms with Gasteiger partial charge >= 0.3 is 0 Å². The SMILES string of the molecule is Cc1ccc(C)c(NC(=O)[C@@H](C)Sc2nc(N)nc(N)n2)c1. The fourth-order valence-corrected chi connectivity index (χ4v) is 2.53. The van der Waals surface area contributed by atoms with Crippen molar-refractivity contribution in [1.82, 2.24) is 15.0 Å². The van der Waals surface area contributed by atoms with Gasteiger partial charge in [0.05, 0.1) is 5.25 Å². The highest BCUT2D eigenvalue weighted by Crippen LogP contribution is 2.23. The van der Waals surface area contributed by atoms with E-state index in [0.29, 0.717) is 5.16 Å². The number of hydrogen-bond acceptors (Lipinski definition) is 7. The van der Waals surface area contributed by atoms with Gasteiger partial charge in [-0.25, -0.2) is 0 Å². The number of thioether (sulfide) groups is 1. The molecule has 8 heteroatoms. The lowest BCUT2D eigenvalue weighted by Crippen LogP contribution is -2.23. The number of nitrogens with two attached hydrogens (primary N) is 2. The van der Waals surface area contributed by atoms with Crippen LogP contribution in [-0.2, 0) is 4.79 Å². The van der Waals surface area contributed by atoms with Gasteiger partial charge in [0.1, 0.15) is 0 Å². The van der Waals surface area contributed by atoms with E-state index in [2.05, 4.69) is 20.3 Å². The molecule has 1 aromatic carbocycles. The minimum Gasteiger partial charge on any atom is -0.368 e. The van der Waals surface area contributed by atoms with E-state index in [4.69, 9.17) is 11.5 Å². The van der Waals surface area contributed by atoms with Crippen LogP contribution in [0.5, 0.6) is 0 Å². The molecule has 0 aliphatic rings. The molecule has 0 fully saturated rings. The molecule has 0 saturated heterocycles. The zero-order chi connectivity index (χ0) is 16.3. The highest BCUT2D eigenvalue weighted by atomic mass is 32.2. The van der Waals surface area contributed by atoms with Crippen molar-refractivity contribution in [3.63, 3.8) is 0 Å². The van der Waals surface area contributed by atoms with Gasteiger partial charge < -0.3 is 16.8 Å². The van der Waals surface area contributed by atoms with Crippen LogP contribution in [0.2, 0.25) is 0 Å². The number of rotatable bonds is 4. The molecule has 2 aromatic rings. The van der Waals surface area contributed by atoms with Gasteiger partial charge in [-0.05, 0) is 38.0 Å². The number of nitrogens with one attached hydrogen (secondary N) is 1. The van der Waals surface area contributed by atoms with Crippen LogP contribution in [0.3, 0.4) is 0 Å². The van der Waals surface area contributed by atoms with Crippen LogP contribution in [-0.4, -0.2) is 26.1 Å². The molecule has 22 heavy (non-hydrogen) atoms. The topological polar surface area (TPSA) is 120 Å². The number of carbonyl (C=O) groups is 1. The van der Waals surface area contributed by atoms with Crippen LogP contribution in [0.4, 0.5) is 17.6 Å². The molecule has 1 atom stereocenters. The third-order valence-corrected chi connectivity index (χ3v) is 3.91. The van der Waals surface area contributed by atoms with Crippen molar-refractivity contribution >= 4 is 35.3 Å². The molecule has 0 spiro atoms. The van der Waals surface area contributed by atoms with E-state index in [9.17, 15) is 4.79 Å². The molecule has 7 nitrogen and oxygen atoms in total. The number of aromatic nitrogens is 3. The number of anilines is 3. The summed E-state index contributed by atoms with van der Waals surface area (Å²) in [6.07, 6.45) is 0. The molecule has 1 aromatic heterocycles. The molecule has 0 saturated carbocycles. The van der Waals surface area contributed by atoms with Crippen molar-refractivity contribution in [1.29, 1.82) is 0 Å². The first-order chi connectivity index (χ1) is 10.3. The normalized spacial score (nSPS) is 12.0. The standard InChI is InChI=1S/C14H18N6OS/c1-7-4-5-8(2)10(6-7)17-11(21)9(3)22-14-19-12(15)18-13(16)20-14/h4-6,9H,1-3H3,(H,17,21)(H4,15,16,18,19,20)/t9-/m1/s1. The Balaban J connectivity index is 2.07. The summed E-state index contributed by atoms with van der Waals surface area (Å²) in [6.45, 7) is 5.69. The average molecular weight is 318 g/mol. The Kier molecular flexibility index (Phi) is 4.81. The predicted molar refractivity (Wildman–Crippen MR) is 88.5 cm³/mol. The highest BCUT2D eigenvalue weighted by Gasteiger charge is 2.17. The number of amides is 1. The van der Waals surface area contributed by atoms with Gasteiger partial charge in [-0.2, -0.15) is 15.0 Å². The van der Waals surface area contributed by atoms with Crippen LogP contribution in [0, 0.1) is 13.8 Å². The van der Waals surface area contributed by atoms with E-state index in [1.807, 2.05) is 32.0 Å². The maximum Gasteiger partial charge on any atom is 0.237 e. The number of nitrogen functional groups attached to an aromatic ring is 2. The first-order valence-electron chi connectivity index (χ1n) is 6.67. The Labute approximate surface area is 132 Å². The summed E-state index contributed by atoms with van der Waals surface area (Å²) in [6, 6.07) is 5.90. The van der Waals surface area contributed by atoms with Crippen LogP contribution in [0.15, 0.2) is 23.4 Å². The monoisotopic (exact) mass is 318 g/mol. The van der Waals surface area contributed by atoms with Crippen molar-refractivity contribution in [3.8, 4) is 0 Å². The molecule has 0 radical (unpaired) electrons. The summed E-state index contributed by atoms with van der Waals surface area (Å²) in [5.41, 5.74) is 13.9. The Morgan fingerprint density at radius 2 is 1.82 bits per heavy atom. The molecule has 0 aliphatic carbocycles. The zero-order valence-corrected chi connectivity index (χ0v) is 13.4. The van der Waals surface area contributed by atoms with Crippen molar-refractivity contribution in [3.05, 3.63) is 29.3 Å². The van der Waals surface area contributed by atoms with Crippen LogP contribution >= 0.6 is 11.8 Å². The molecule has 0 unspecified atom stereocenters. The lowest BCUT2D eigenvalue weighted by Gasteiger charge is -2.13. The molecule has 2 rings (SSSR count). The van der Waals surface area contributed by atoms with E-state index in [0.717, 1.165) is 16.8 Å². The number of hydrogen-bond donors (Lipinski definition) is 3. The minimum absolute atomic E-state index is 0.0390. The third kappa shape index (κ3) is 4.08. The maximum atomic E-state index is 12.3. The summed E-state index contributed by atoms with van der Waals surface area (Å²) in [5, 5.41) is 2.83. The molecular formula is C14H18N6OS. The molecular weight excluding hydrogens is 300 g/mol. The quantitative estimate of drug-likeness (QED) is 0.735. The van der Waals surface area contributed by atoms with Crippen molar-refractivity contribution in [2.24, 2.45) is 0 Å². The number of nitrogens with zero attached hydrogens (tertiary/aromatic N) is 3.